The zero-order valence-corrected chi connectivity index (χ0v) is 17.0. The quantitative estimate of drug-likeness (QED) is 0.276. The van der Waals surface area contributed by atoms with Crippen molar-refractivity contribution < 1.29 is 14.3 Å². The number of carbonyl (C=O) groups is 1. The summed E-state index contributed by atoms with van der Waals surface area (Å²) in [7, 11) is 0. The number of aryl methyl sites for hydroxylation is 1. The van der Waals surface area contributed by atoms with Gasteiger partial charge in [0, 0.05) is 11.6 Å². The molecule has 1 aromatic carbocycles. The van der Waals surface area contributed by atoms with E-state index in [1.165, 1.54) is 12.0 Å². The Kier molecular flexibility index (Phi) is 7.33. The molecule has 26 heavy (non-hydrogen) atoms. The minimum atomic E-state index is -0.830. The average molecular weight is 377 g/mol. The third-order valence-corrected chi connectivity index (χ3v) is 4.64. The molecule has 0 N–H and O–H groups in total. The van der Waals surface area contributed by atoms with Gasteiger partial charge >= 0.3 is 5.43 Å². The van der Waals surface area contributed by atoms with Crippen molar-refractivity contribution in [3.8, 4) is 11.5 Å². The zero-order chi connectivity index (χ0) is 19.2. The van der Waals surface area contributed by atoms with Crippen LogP contribution in [0.4, 0.5) is 4.79 Å². The van der Waals surface area contributed by atoms with E-state index in [9.17, 15) is 4.79 Å². The van der Waals surface area contributed by atoms with E-state index < -0.39 is 5.43 Å². The molecule has 3 nitrogen and oxygen atoms in total. The molecule has 4 heteroatoms. The lowest BCUT2D eigenvalue weighted by Crippen LogP contribution is -2.31. The topological polar surface area (TPSA) is 35.5 Å². The first-order valence-electron chi connectivity index (χ1n) is 9.39. The molecule has 1 aliphatic heterocycles. The van der Waals surface area contributed by atoms with Crippen LogP contribution in [-0.2, 0) is 6.42 Å². The van der Waals surface area contributed by atoms with E-state index in [-0.39, 0.29) is 5.60 Å². The van der Waals surface area contributed by atoms with Gasteiger partial charge in [0.15, 0.2) is 0 Å². The van der Waals surface area contributed by atoms with E-state index >= 15 is 0 Å². The normalized spacial score (nSPS) is 18.0. The highest BCUT2D eigenvalue weighted by Gasteiger charge is 2.29. The van der Waals surface area contributed by atoms with Crippen LogP contribution in [0.2, 0.25) is 0 Å². The van der Waals surface area contributed by atoms with Crippen molar-refractivity contribution in [2.45, 2.75) is 71.8 Å². The molecule has 0 saturated heterocycles. The summed E-state index contributed by atoms with van der Waals surface area (Å²) in [5.41, 5.74) is 1.99. The molecule has 0 radical (unpaired) electrons. The first-order chi connectivity index (χ1) is 12.3. The Hall–Kier alpha value is -1.74. The molecule has 0 saturated carbocycles. The summed E-state index contributed by atoms with van der Waals surface area (Å²) >= 11 is 5.46. The van der Waals surface area contributed by atoms with Gasteiger partial charge in [-0.3, -0.25) is 0 Å². The van der Waals surface area contributed by atoms with Crippen molar-refractivity contribution in [3.63, 3.8) is 0 Å². The molecule has 1 heterocycles. The monoisotopic (exact) mass is 376 g/mol. The smallest absolute Gasteiger partial charge is 0.409 e. The van der Waals surface area contributed by atoms with Crippen LogP contribution in [0.25, 0.3) is 6.08 Å². The van der Waals surface area contributed by atoms with Gasteiger partial charge in [0.1, 0.15) is 17.1 Å². The number of hydrogen-bond donors (Lipinski definition) is 0. The van der Waals surface area contributed by atoms with Gasteiger partial charge in [0.05, 0.1) is 5.56 Å². The molecule has 2 rings (SSSR count). The largest absolute Gasteiger partial charge is 0.483 e. The van der Waals surface area contributed by atoms with Gasteiger partial charge in [-0.25, -0.2) is 4.79 Å². The molecular formula is C22H29ClO3. The fourth-order valence-corrected chi connectivity index (χ4v) is 3.21. The Bertz CT molecular complexity index is 702. The summed E-state index contributed by atoms with van der Waals surface area (Å²) in [6, 6.07) is 3.97. The SMILES string of the molecule is CCCCCc1cc(OC(=O)Cl)c2c(c1)OC(C)(CCC=C(C)C)C=C2. The molecule has 0 aromatic heterocycles. The van der Waals surface area contributed by atoms with Crippen molar-refractivity contribution >= 4 is 23.1 Å². The van der Waals surface area contributed by atoms with Crippen LogP contribution in [0.1, 0.15) is 70.9 Å². The summed E-state index contributed by atoms with van der Waals surface area (Å²) in [5, 5.41) is 0. The second kappa shape index (κ2) is 9.27. The summed E-state index contributed by atoms with van der Waals surface area (Å²) in [5.74, 6) is 1.23. The van der Waals surface area contributed by atoms with E-state index in [0.29, 0.717) is 5.75 Å². The number of rotatable bonds is 8. The van der Waals surface area contributed by atoms with Crippen LogP contribution in [-0.4, -0.2) is 11.0 Å². The highest BCUT2D eigenvalue weighted by atomic mass is 35.5. The first-order valence-corrected chi connectivity index (χ1v) is 9.76. The number of hydrogen-bond acceptors (Lipinski definition) is 3. The molecular weight excluding hydrogens is 348 g/mol. The third kappa shape index (κ3) is 5.91. The first kappa shape index (κ1) is 20.6. The minimum absolute atomic E-state index is 0.372. The number of ether oxygens (including phenoxy) is 2. The summed E-state index contributed by atoms with van der Waals surface area (Å²) in [4.78, 5) is 11.3. The van der Waals surface area contributed by atoms with Crippen LogP contribution in [0.5, 0.6) is 11.5 Å². The summed E-state index contributed by atoms with van der Waals surface area (Å²) in [6.45, 7) is 8.47. The Morgan fingerprint density at radius 1 is 1.31 bits per heavy atom. The second-order valence-electron chi connectivity index (χ2n) is 7.37. The molecule has 0 fully saturated rings. The average Bonchev–Trinajstić information content (AvgIpc) is 2.53. The fourth-order valence-electron chi connectivity index (χ4n) is 3.13. The molecule has 0 spiro atoms. The van der Waals surface area contributed by atoms with E-state index in [4.69, 9.17) is 21.1 Å². The van der Waals surface area contributed by atoms with Crippen molar-refractivity contribution in [2.75, 3.05) is 0 Å². The van der Waals surface area contributed by atoms with Gasteiger partial charge in [0.25, 0.3) is 0 Å². The van der Waals surface area contributed by atoms with Gasteiger partial charge in [-0.1, -0.05) is 31.4 Å². The van der Waals surface area contributed by atoms with Crippen LogP contribution in [0.3, 0.4) is 0 Å². The standard InChI is InChI=1S/C22H29ClO3/c1-5-6-7-10-17-14-19(25-21(23)24)18-11-13-22(4,26-20(18)15-17)12-8-9-16(2)3/h9,11,13-15H,5-8,10,12H2,1-4H3. The highest BCUT2D eigenvalue weighted by Crippen LogP contribution is 2.40. The number of benzene rings is 1. The van der Waals surface area contributed by atoms with Crippen LogP contribution in [0, 0.1) is 0 Å². The Morgan fingerprint density at radius 3 is 2.73 bits per heavy atom. The predicted octanol–water partition coefficient (Wildman–Crippen LogP) is 7.07. The van der Waals surface area contributed by atoms with Gasteiger partial charge in [-0.15, -0.1) is 0 Å². The van der Waals surface area contributed by atoms with E-state index in [0.717, 1.165) is 49.0 Å². The minimum Gasteiger partial charge on any atom is -0.483 e. The van der Waals surface area contributed by atoms with E-state index in [2.05, 4.69) is 39.8 Å². The van der Waals surface area contributed by atoms with Crippen molar-refractivity contribution in [1.82, 2.24) is 0 Å². The van der Waals surface area contributed by atoms with Gasteiger partial charge in [-0.05, 0) is 76.3 Å². The lowest BCUT2D eigenvalue weighted by Gasteiger charge is -2.32. The van der Waals surface area contributed by atoms with Crippen LogP contribution in [0.15, 0.2) is 29.9 Å². The van der Waals surface area contributed by atoms with Gasteiger partial charge in [0.2, 0.25) is 0 Å². The van der Waals surface area contributed by atoms with Crippen molar-refractivity contribution in [3.05, 3.63) is 41.0 Å². The van der Waals surface area contributed by atoms with Gasteiger partial charge in [-0.2, -0.15) is 0 Å². The summed E-state index contributed by atoms with van der Waals surface area (Å²) in [6.07, 6.45) is 12.4. The molecule has 1 atom stereocenters. The van der Waals surface area contributed by atoms with E-state index in [1.807, 2.05) is 18.2 Å². The molecule has 142 valence electrons. The highest BCUT2D eigenvalue weighted by molar-refractivity contribution is 6.61. The second-order valence-corrected chi connectivity index (χ2v) is 7.68. The maximum Gasteiger partial charge on any atom is 0.409 e. The molecule has 1 aromatic rings. The number of halogens is 1. The molecule has 0 bridgehead atoms. The molecule has 1 aliphatic rings. The lowest BCUT2D eigenvalue weighted by atomic mass is 9.93. The van der Waals surface area contributed by atoms with Crippen LogP contribution >= 0.6 is 11.6 Å². The molecule has 0 amide bonds. The number of unbranched alkanes of at least 4 members (excludes halogenated alkanes) is 2. The maximum absolute atomic E-state index is 11.3. The number of fused-ring (bicyclic) bond motifs is 1. The maximum atomic E-state index is 11.3. The van der Waals surface area contributed by atoms with Gasteiger partial charge < -0.3 is 9.47 Å². The Balaban J connectivity index is 2.26. The third-order valence-electron chi connectivity index (χ3n) is 4.56. The molecule has 1 unspecified atom stereocenters. The molecule has 0 aliphatic carbocycles. The fraction of sp³-hybridized carbons (Fsp3) is 0.500. The predicted molar refractivity (Wildman–Crippen MR) is 108 cm³/mol. The Labute approximate surface area is 162 Å². The number of carbonyl (C=O) groups excluding carboxylic acids is 1. The number of allylic oxidation sites excluding steroid dienone is 2. The van der Waals surface area contributed by atoms with Crippen LogP contribution < -0.4 is 9.47 Å². The van der Waals surface area contributed by atoms with Crippen molar-refractivity contribution in [1.29, 1.82) is 0 Å². The zero-order valence-electron chi connectivity index (χ0n) is 16.2. The lowest BCUT2D eigenvalue weighted by molar-refractivity contribution is 0.128. The van der Waals surface area contributed by atoms with Crippen molar-refractivity contribution in [2.24, 2.45) is 0 Å². The van der Waals surface area contributed by atoms with E-state index in [1.54, 1.807) is 0 Å². The summed E-state index contributed by atoms with van der Waals surface area (Å²) < 4.78 is 11.5. The Morgan fingerprint density at radius 2 is 2.08 bits per heavy atom.